The Kier molecular flexibility index (Phi) is 16.1. The molecule has 48 heavy (non-hydrogen) atoms. The van der Waals surface area contributed by atoms with Gasteiger partial charge in [0.15, 0.2) is 0 Å². The van der Waals surface area contributed by atoms with E-state index in [0.717, 1.165) is 23.9 Å². The second-order valence-electron chi connectivity index (χ2n) is 10.9. The van der Waals surface area contributed by atoms with E-state index in [1.165, 1.54) is 89.0 Å². The summed E-state index contributed by atoms with van der Waals surface area (Å²) in [5.41, 5.74) is 9.80. The third kappa shape index (κ3) is 8.60. The Morgan fingerprint density at radius 1 is 0.542 bits per heavy atom. The van der Waals surface area contributed by atoms with Crippen LogP contribution >= 0.6 is 24.8 Å². The first kappa shape index (κ1) is 40.8. The van der Waals surface area contributed by atoms with Gasteiger partial charge in [0.2, 0.25) is 0 Å². The number of rotatable bonds is 4. The Morgan fingerprint density at radius 3 is 1.33 bits per heavy atom. The molecule has 0 aliphatic carbocycles. The standard InChI is InChI=1S/2C20H16N.2CH3.2ClH.Si.Zr/c2*1-2-14-10-15-7-5-8-18(19(15)11-14)17-12-16-6-3-4-9-20(16)21-13-17;;;;;;/h2*3-13H,2H2,1H3;2*1H3;2*1H;;/q4*-1;;;;. The number of aryl methyl sites for hydroxylation is 2. The molecule has 0 amide bonds. The van der Waals surface area contributed by atoms with Crippen LogP contribution in [0.4, 0.5) is 0 Å². The summed E-state index contributed by atoms with van der Waals surface area (Å²) in [5.74, 6) is 0. The molecule has 0 bridgehead atoms. The van der Waals surface area contributed by atoms with Gasteiger partial charge in [0.1, 0.15) is 0 Å². The zero-order valence-corrected chi connectivity index (χ0v) is 32.9. The van der Waals surface area contributed by atoms with Crippen molar-refractivity contribution in [2.24, 2.45) is 0 Å². The van der Waals surface area contributed by atoms with Crippen molar-refractivity contribution in [1.82, 2.24) is 9.97 Å². The second-order valence-corrected chi connectivity index (χ2v) is 10.9. The fourth-order valence-corrected chi connectivity index (χ4v) is 5.94. The summed E-state index contributed by atoms with van der Waals surface area (Å²) in [7, 11) is 0. The summed E-state index contributed by atoms with van der Waals surface area (Å²) in [5, 5.41) is 7.66. The maximum atomic E-state index is 4.59. The van der Waals surface area contributed by atoms with Gasteiger partial charge in [0, 0.05) is 23.2 Å². The predicted molar refractivity (Wildman–Crippen MR) is 212 cm³/mol. The molecule has 2 radical (unpaired) electrons. The predicted octanol–water partition coefficient (Wildman–Crippen LogP) is 12.0. The van der Waals surface area contributed by atoms with Crippen LogP contribution in [0.2, 0.25) is 0 Å². The first-order valence-electron chi connectivity index (χ1n) is 15.0. The Hall–Kier alpha value is -3.40. The number of benzene rings is 4. The summed E-state index contributed by atoms with van der Waals surface area (Å²) in [6, 6.07) is 43.2. The minimum absolute atomic E-state index is 0. The van der Waals surface area contributed by atoms with Crippen molar-refractivity contribution in [2.75, 3.05) is 0 Å². The van der Waals surface area contributed by atoms with Gasteiger partial charge >= 0.3 is 30.2 Å². The Bertz CT molecular complexity index is 2060. The van der Waals surface area contributed by atoms with Crippen LogP contribution in [-0.2, 0) is 36.2 Å². The second kappa shape index (κ2) is 19.0. The van der Waals surface area contributed by atoms with Gasteiger partial charge in [0.25, 0.3) is 0 Å². The number of hydrogen-bond acceptors (Lipinski definition) is 2. The van der Waals surface area contributed by atoms with E-state index in [0.29, 0.717) is 0 Å². The van der Waals surface area contributed by atoms with Crippen molar-refractivity contribution in [2.45, 2.75) is 26.7 Å². The van der Waals surface area contributed by atoms with Crippen LogP contribution in [0.15, 0.2) is 134 Å². The number of halogens is 2. The van der Waals surface area contributed by atoms with Gasteiger partial charge in [0.05, 0.1) is 11.0 Å². The van der Waals surface area contributed by atoms with Crippen molar-refractivity contribution in [1.29, 1.82) is 0 Å². The molecule has 0 atom stereocenters. The summed E-state index contributed by atoms with van der Waals surface area (Å²) in [4.78, 5) is 9.18. The Morgan fingerprint density at radius 2 is 0.938 bits per heavy atom. The number of nitrogens with zero attached hydrogens (tertiary/aromatic N) is 2. The molecule has 6 heteroatoms. The fraction of sp³-hybridized carbons (Fsp3) is 0.0952. The quantitative estimate of drug-likeness (QED) is 0.132. The zero-order chi connectivity index (χ0) is 30.5. The molecule has 0 aliphatic heterocycles. The van der Waals surface area contributed by atoms with E-state index >= 15 is 0 Å². The van der Waals surface area contributed by atoms with Gasteiger partial charge in [-0.25, -0.2) is 0 Å². The molecule has 0 saturated carbocycles. The Labute approximate surface area is 314 Å². The zero-order valence-electron chi connectivity index (χ0n) is 27.8. The van der Waals surface area contributed by atoms with E-state index in [1.807, 2.05) is 24.5 Å². The molecule has 0 saturated heterocycles. The van der Waals surface area contributed by atoms with Gasteiger partial charge in [-0.3, -0.25) is 9.97 Å². The van der Waals surface area contributed by atoms with E-state index in [9.17, 15) is 0 Å². The van der Waals surface area contributed by atoms with Gasteiger partial charge < -0.3 is 14.9 Å². The first-order valence-corrected chi connectivity index (χ1v) is 19.2. The Balaban J connectivity index is 0.000000294. The summed E-state index contributed by atoms with van der Waals surface area (Å²) >= 11 is 1.36. The average molecular weight is 763 g/mol. The monoisotopic (exact) mass is 760 g/mol. The topological polar surface area (TPSA) is 25.8 Å². The van der Waals surface area contributed by atoms with E-state index in [4.69, 9.17) is 0 Å². The molecule has 0 unspecified atom stereocenters. The van der Waals surface area contributed by atoms with Crippen molar-refractivity contribution in [3.8, 4) is 22.3 Å². The van der Waals surface area contributed by atoms with Crippen molar-refractivity contribution < 1.29 is 23.3 Å². The summed E-state index contributed by atoms with van der Waals surface area (Å²) < 4.78 is 0. The van der Waals surface area contributed by atoms with E-state index < -0.39 is 0 Å². The van der Waals surface area contributed by atoms with Gasteiger partial charge in [-0.2, -0.15) is 12.1 Å². The number of para-hydroxylation sites is 2. The normalized spacial score (nSPS) is 9.94. The molecule has 2 nitrogen and oxygen atoms in total. The van der Waals surface area contributed by atoms with Crippen LogP contribution < -0.4 is 0 Å². The van der Waals surface area contributed by atoms with Crippen LogP contribution in [0.3, 0.4) is 0 Å². The summed E-state index contributed by atoms with van der Waals surface area (Å²) in [6.45, 7) is 7.46. The summed E-state index contributed by atoms with van der Waals surface area (Å²) in [6.07, 6.45) is 6.11. The molecule has 8 rings (SSSR count). The molecule has 8 aromatic rings. The van der Waals surface area contributed by atoms with Crippen molar-refractivity contribution in [3.63, 3.8) is 0 Å². The third-order valence-corrected chi connectivity index (χ3v) is 8.24. The molecule has 0 fully saturated rings. The maximum absolute atomic E-state index is 4.59. The first-order chi connectivity index (χ1) is 21.7. The van der Waals surface area contributed by atoms with Crippen LogP contribution in [0.1, 0.15) is 25.0 Å². The number of hydrogen-bond donors (Lipinski definition) is 0. The van der Waals surface area contributed by atoms with E-state index in [-0.39, 0.29) is 39.7 Å². The van der Waals surface area contributed by atoms with Gasteiger partial charge in [-0.15, -0.1) is 93.9 Å². The number of pyridine rings is 2. The molecule has 0 aliphatic rings. The van der Waals surface area contributed by atoms with Crippen molar-refractivity contribution >= 4 is 75.0 Å². The molecule has 2 heterocycles. The molecule has 0 spiro atoms. The van der Waals surface area contributed by atoms with Gasteiger partial charge in [-0.05, 0) is 48.2 Å². The van der Waals surface area contributed by atoms with Gasteiger partial charge in [-0.1, -0.05) is 73.5 Å². The third-order valence-electron chi connectivity index (χ3n) is 8.24. The minimum atomic E-state index is 0. The average Bonchev–Trinajstić information content (AvgIpc) is 3.73. The van der Waals surface area contributed by atoms with Crippen LogP contribution in [0, 0.1) is 14.9 Å². The molecule has 244 valence electrons. The van der Waals surface area contributed by atoms with Crippen molar-refractivity contribution in [3.05, 3.63) is 160 Å². The molecule has 2 aromatic heterocycles. The van der Waals surface area contributed by atoms with Crippen LogP contribution in [-0.4, -0.2) is 16.8 Å². The molecular formula is C42H40Cl2N2SiZr-4. The molecular weight excluding hydrogens is 723 g/mol. The number of fused-ring (bicyclic) bond motifs is 4. The number of aromatic nitrogens is 2. The SMILES string of the molecule is CCc1cc2c(-c3cnc4ccccc4c3)cccc2[cH-]1.CCc1cc2c(-c3cnc4ccccc4c3)cccc2[cH-]1.Cl.Cl.[CH3-].[CH3-].[Si]=[Zr]. The van der Waals surface area contributed by atoms with Crippen LogP contribution in [0.5, 0.6) is 0 Å². The van der Waals surface area contributed by atoms with Crippen LogP contribution in [0.25, 0.3) is 65.6 Å². The van der Waals surface area contributed by atoms with E-state index in [2.05, 4.69) is 140 Å². The molecule has 0 N–H and O–H groups in total. The fourth-order valence-electron chi connectivity index (χ4n) is 5.94. The molecule has 6 aromatic carbocycles. The van der Waals surface area contributed by atoms with E-state index in [1.54, 1.807) is 0 Å².